The third-order valence-electron chi connectivity index (χ3n) is 2.71. The number of hydrogen-bond acceptors (Lipinski definition) is 2. The number of fused-ring (bicyclic) bond motifs is 1. The number of nitrogens with zero attached hydrogens (tertiary/aromatic N) is 2. The lowest BCUT2D eigenvalue weighted by molar-refractivity contribution is 1.16. The Morgan fingerprint density at radius 1 is 1.24 bits per heavy atom. The number of halogens is 1. The summed E-state index contributed by atoms with van der Waals surface area (Å²) in [5.41, 5.74) is 2.36. The molecular formula is C13H11BrN2S. The van der Waals surface area contributed by atoms with Gasteiger partial charge in [0.05, 0.1) is 10.4 Å². The standard InChI is InChI=1S/C13H11BrN2S/c1-8-5-6-16-10(7-8)12(14)15-13(16)11-4-3-9(2)17-11/h3-7H,1-2H3. The Morgan fingerprint density at radius 2 is 2.06 bits per heavy atom. The van der Waals surface area contributed by atoms with Crippen LogP contribution in [0.4, 0.5) is 0 Å². The van der Waals surface area contributed by atoms with Crippen molar-refractivity contribution >= 4 is 32.8 Å². The van der Waals surface area contributed by atoms with Crippen molar-refractivity contribution in [2.75, 3.05) is 0 Å². The van der Waals surface area contributed by atoms with Crippen molar-refractivity contribution in [1.82, 2.24) is 9.38 Å². The van der Waals surface area contributed by atoms with E-state index in [0.29, 0.717) is 0 Å². The Balaban J connectivity index is 2.31. The molecule has 2 nitrogen and oxygen atoms in total. The molecule has 4 heteroatoms. The molecule has 0 radical (unpaired) electrons. The van der Waals surface area contributed by atoms with Gasteiger partial charge in [0.15, 0.2) is 5.82 Å². The number of aromatic nitrogens is 2. The van der Waals surface area contributed by atoms with Crippen LogP contribution in [0.1, 0.15) is 10.4 Å². The van der Waals surface area contributed by atoms with Gasteiger partial charge in [0, 0.05) is 11.1 Å². The second-order valence-electron chi connectivity index (χ2n) is 4.10. The van der Waals surface area contributed by atoms with E-state index in [2.05, 4.69) is 69.6 Å². The minimum atomic E-state index is 0.905. The van der Waals surface area contributed by atoms with Crippen LogP contribution in [0.15, 0.2) is 35.1 Å². The summed E-state index contributed by atoms with van der Waals surface area (Å²) in [6.07, 6.45) is 2.08. The molecule has 0 atom stereocenters. The lowest BCUT2D eigenvalue weighted by Gasteiger charge is -1.99. The molecule has 0 unspecified atom stereocenters. The van der Waals surface area contributed by atoms with Gasteiger partial charge in [-0.15, -0.1) is 11.3 Å². The van der Waals surface area contributed by atoms with Gasteiger partial charge in [-0.05, 0) is 59.6 Å². The van der Waals surface area contributed by atoms with E-state index in [1.807, 2.05) is 0 Å². The first kappa shape index (κ1) is 11.0. The first-order valence-corrected chi connectivity index (χ1v) is 6.97. The predicted octanol–water partition coefficient (Wildman–Crippen LogP) is 4.44. The molecule has 0 saturated carbocycles. The van der Waals surface area contributed by atoms with Gasteiger partial charge in [0.2, 0.25) is 0 Å². The van der Waals surface area contributed by atoms with Crippen LogP contribution in [0.5, 0.6) is 0 Å². The summed E-state index contributed by atoms with van der Waals surface area (Å²) in [5, 5.41) is 0. The van der Waals surface area contributed by atoms with Crippen LogP contribution in [-0.2, 0) is 0 Å². The molecule has 0 aliphatic heterocycles. The zero-order valence-electron chi connectivity index (χ0n) is 9.57. The molecule has 86 valence electrons. The summed E-state index contributed by atoms with van der Waals surface area (Å²) in [6, 6.07) is 8.50. The molecule has 0 spiro atoms. The molecule has 0 saturated heterocycles. The molecule has 3 aromatic heterocycles. The third kappa shape index (κ3) is 1.81. The Labute approximate surface area is 112 Å². The van der Waals surface area contributed by atoms with E-state index in [9.17, 15) is 0 Å². The molecule has 3 heterocycles. The van der Waals surface area contributed by atoms with Crippen LogP contribution in [0, 0.1) is 13.8 Å². The van der Waals surface area contributed by atoms with Crippen molar-refractivity contribution < 1.29 is 0 Å². The molecule has 0 N–H and O–H groups in total. The molecular weight excluding hydrogens is 296 g/mol. The average molecular weight is 307 g/mol. The minimum Gasteiger partial charge on any atom is -0.298 e. The molecule has 0 fully saturated rings. The Bertz CT molecular complexity index is 697. The highest BCUT2D eigenvalue weighted by atomic mass is 79.9. The van der Waals surface area contributed by atoms with Crippen LogP contribution in [0.25, 0.3) is 16.2 Å². The van der Waals surface area contributed by atoms with Gasteiger partial charge < -0.3 is 0 Å². The predicted molar refractivity (Wildman–Crippen MR) is 75.7 cm³/mol. The lowest BCUT2D eigenvalue weighted by atomic mass is 10.3. The summed E-state index contributed by atoms with van der Waals surface area (Å²) in [6.45, 7) is 4.21. The zero-order chi connectivity index (χ0) is 12.0. The molecule has 0 bridgehead atoms. The van der Waals surface area contributed by atoms with Gasteiger partial charge in [-0.1, -0.05) is 0 Å². The lowest BCUT2D eigenvalue weighted by Crippen LogP contribution is -1.87. The van der Waals surface area contributed by atoms with Crippen LogP contribution in [0.2, 0.25) is 0 Å². The van der Waals surface area contributed by atoms with Crippen LogP contribution in [0.3, 0.4) is 0 Å². The van der Waals surface area contributed by atoms with E-state index in [1.165, 1.54) is 15.3 Å². The van der Waals surface area contributed by atoms with Crippen molar-refractivity contribution in [2.24, 2.45) is 0 Å². The SMILES string of the molecule is Cc1ccn2c(-c3ccc(C)s3)nc(Br)c2c1. The summed E-state index contributed by atoms with van der Waals surface area (Å²) in [7, 11) is 0. The van der Waals surface area contributed by atoms with Crippen LogP contribution >= 0.6 is 27.3 Å². The van der Waals surface area contributed by atoms with E-state index >= 15 is 0 Å². The first-order valence-electron chi connectivity index (χ1n) is 5.36. The number of pyridine rings is 1. The van der Waals surface area contributed by atoms with Gasteiger partial charge >= 0.3 is 0 Å². The number of imidazole rings is 1. The maximum absolute atomic E-state index is 4.60. The number of rotatable bonds is 1. The summed E-state index contributed by atoms with van der Waals surface area (Å²) < 4.78 is 3.03. The number of thiophene rings is 1. The fourth-order valence-corrected chi connectivity index (χ4v) is 3.21. The Kier molecular flexibility index (Phi) is 2.56. The molecule has 3 rings (SSSR count). The maximum atomic E-state index is 4.60. The highest BCUT2D eigenvalue weighted by Crippen LogP contribution is 2.30. The molecule has 0 aliphatic carbocycles. The zero-order valence-corrected chi connectivity index (χ0v) is 12.0. The molecule has 0 amide bonds. The summed E-state index contributed by atoms with van der Waals surface area (Å²) in [5.74, 6) is 1.00. The highest BCUT2D eigenvalue weighted by Gasteiger charge is 2.12. The van der Waals surface area contributed by atoms with Crippen molar-refractivity contribution in [3.05, 3.63) is 45.5 Å². The third-order valence-corrected chi connectivity index (χ3v) is 4.29. The van der Waals surface area contributed by atoms with Gasteiger partial charge in [0.1, 0.15) is 4.60 Å². The number of aryl methyl sites for hydroxylation is 2. The molecule has 3 aromatic rings. The van der Waals surface area contributed by atoms with E-state index < -0.39 is 0 Å². The number of hydrogen-bond donors (Lipinski definition) is 0. The monoisotopic (exact) mass is 306 g/mol. The maximum Gasteiger partial charge on any atom is 0.156 e. The smallest absolute Gasteiger partial charge is 0.156 e. The van der Waals surface area contributed by atoms with E-state index in [1.54, 1.807) is 11.3 Å². The van der Waals surface area contributed by atoms with Crippen molar-refractivity contribution in [2.45, 2.75) is 13.8 Å². The van der Waals surface area contributed by atoms with Gasteiger partial charge in [-0.2, -0.15) is 0 Å². The van der Waals surface area contributed by atoms with E-state index in [0.717, 1.165) is 15.9 Å². The average Bonchev–Trinajstić information content (AvgIpc) is 2.84. The van der Waals surface area contributed by atoms with Gasteiger partial charge in [-0.25, -0.2) is 4.98 Å². The summed E-state index contributed by atoms with van der Waals surface area (Å²) >= 11 is 5.30. The van der Waals surface area contributed by atoms with Crippen molar-refractivity contribution in [3.8, 4) is 10.7 Å². The Morgan fingerprint density at radius 3 is 2.76 bits per heavy atom. The van der Waals surface area contributed by atoms with Crippen molar-refractivity contribution in [1.29, 1.82) is 0 Å². The van der Waals surface area contributed by atoms with Crippen LogP contribution < -0.4 is 0 Å². The van der Waals surface area contributed by atoms with E-state index in [4.69, 9.17) is 0 Å². The molecule has 17 heavy (non-hydrogen) atoms. The van der Waals surface area contributed by atoms with Crippen molar-refractivity contribution in [3.63, 3.8) is 0 Å². The largest absolute Gasteiger partial charge is 0.298 e. The quantitative estimate of drug-likeness (QED) is 0.649. The second kappa shape index (κ2) is 3.96. The Hall–Kier alpha value is -1.13. The topological polar surface area (TPSA) is 17.3 Å². The first-order chi connectivity index (χ1) is 8.15. The highest BCUT2D eigenvalue weighted by molar-refractivity contribution is 9.10. The molecule has 0 aliphatic rings. The van der Waals surface area contributed by atoms with E-state index in [-0.39, 0.29) is 0 Å². The fourth-order valence-electron chi connectivity index (χ4n) is 1.88. The van der Waals surface area contributed by atoms with Gasteiger partial charge in [0.25, 0.3) is 0 Å². The fraction of sp³-hybridized carbons (Fsp3) is 0.154. The van der Waals surface area contributed by atoms with Crippen LogP contribution in [-0.4, -0.2) is 9.38 Å². The minimum absolute atomic E-state index is 0.905. The molecule has 0 aromatic carbocycles. The summed E-state index contributed by atoms with van der Waals surface area (Å²) in [4.78, 5) is 7.11. The normalized spacial score (nSPS) is 11.2. The van der Waals surface area contributed by atoms with Gasteiger partial charge in [-0.3, -0.25) is 4.40 Å². The second-order valence-corrected chi connectivity index (χ2v) is 6.13.